The maximum atomic E-state index is 14.1. The van der Waals surface area contributed by atoms with Crippen molar-refractivity contribution in [2.75, 3.05) is 50.8 Å². The van der Waals surface area contributed by atoms with E-state index in [2.05, 4.69) is 0 Å². The van der Waals surface area contributed by atoms with E-state index in [1.807, 2.05) is 37.3 Å². The number of amides is 1. The molecular formula is C41H50F2N3O4+. The number of hydrogen-bond donors (Lipinski definition) is 0. The van der Waals surface area contributed by atoms with Gasteiger partial charge in [0.2, 0.25) is 5.43 Å². The van der Waals surface area contributed by atoms with Crippen LogP contribution >= 0.6 is 0 Å². The van der Waals surface area contributed by atoms with Gasteiger partial charge in [0.25, 0.3) is 5.91 Å². The lowest BCUT2D eigenvalue weighted by molar-refractivity contribution is -0.942. The van der Waals surface area contributed by atoms with Crippen molar-refractivity contribution in [3.63, 3.8) is 0 Å². The number of carbonyl (C=O) groups is 1. The zero-order valence-corrected chi connectivity index (χ0v) is 29.5. The molecule has 3 saturated heterocycles. The second-order valence-corrected chi connectivity index (χ2v) is 14.0. The van der Waals surface area contributed by atoms with E-state index >= 15 is 0 Å². The van der Waals surface area contributed by atoms with Crippen molar-refractivity contribution in [1.29, 1.82) is 0 Å². The van der Waals surface area contributed by atoms with Crippen molar-refractivity contribution in [1.82, 2.24) is 4.57 Å². The number of benzene rings is 3. The number of halogens is 2. The number of nitrogens with zero attached hydrogens (tertiary/aromatic N) is 3. The fraction of sp³-hybridized carbons (Fsp3) is 0.463. The number of pyridine rings is 1. The van der Waals surface area contributed by atoms with E-state index in [1.54, 1.807) is 23.6 Å². The largest absolute Gasteiger partial charge is 0.494 e. The zero-order chi connectivity index (χ0) is 35.1. The highest BCUT2D eigenvalue weighted by atomic mass is 19.1. The van der Waals surface area contributed by atoms with Crippen molar-refractivity contribution in [3.05, 3.63) is 94.3 Å². The van der Waals surface area contributed by atoms with E-state index in [1.165, 1.54) is 80.3 Å². The third-order valence-corrected chi connectivity index (χ3v) is 10.6. The van der Waals surface area contributed by atoms with E-state index in [0.717, 1.165) is 43.4 Å². The molecule has 0 spiro atoms. The molecule has 7 rings (SSSR count). The molecule has 0 atom stereocenters. The van der Waals surface area contributed by atoms with Crippen molar-refractivity contribution in [3.8, 4) is 17.2 Å². The minimum absolute atomic E-state index is 0.0368. The fourth-order valence-electron chi connectivity index (χ4n) is 7.73. The van der Waals surface area contributed by atoms with Gasteiger partial charge in [-0.2, -0.15) is 0 Å². The number of rotatable bonds is 16. The molecule has 50 heavy (non-hydrogen) atoms. The molecule has 7 nitrogen and oxygen atoms in total. The van der Waals surface area contributed by atoms with Gasteiger partial charge in [-0.25, -0.2) is 8.78 Å². The van der Waals surface area contributed by atoms with E-state index in [9.17, 15) is 18.4 Å². The standard InChI is InChI=1S/C41H50F2N3O4/c1-3-22-49-35-12-10-11-33(27-35)45-29-38(41(48)44(4-2)34-25-31(42)24-32(43)26-34)40(47)37-14-13-36(28-39(37)45)50-23-9-7-5-6-8-18-46-19-15-30(16-20-46)17-21-46/h10-14,24-30H,3-9,15-23H2,1-2H3/q+1. The number of piperidine rings is 3. The van der Waals surface area contributed by atoms with E-state index in [0.29, 0.717) is 41.3 Å². The maximum absolute atomic E-state index is 14.1. The number of fused-ring (bicyclic) bond motifs is 4. The Balaban J connectivity index is 1.19. The van der Waals surface area contributed by atoms with Crippen LogP contribution in [0.5, 0.6) is 11.5 Å². The lowest BCUT2D eigenvalue weighted by Gasteiger charge is -2.49. The Morgan fingerprint density at radius 3 is 2.24 bits per heavy atom. The first-order valence-corrected chi connectivity index (χ1v) is 18.5. The first kappa shape index (κ1) is 35.6. The Morgan fingerprint density at radius 1 is 0.840 bits per heavy atom. The molecule has 1 aromatic heterocycles. The van der Waals surface area contributed by atoms with Crippen molar-refractivity contribution in [2.45, 2.75) is 71.6 Å². The maximum Gasteiger partial charge on any atom is 0.263 e. The molecular weight excluding hydrogens is 636 g/mol. The summed E-state index contributed by atoms with van der Waals surface area (Å²) in [6.45, 7) is 10.5. The predicted molar refractivity (Wildman–Crippen MR) is 195 cm³/mol. The van der Waals surface area contributed by atoms with Gasteiger partial charge in [-0.05, 0) is 94.2 Å². The molecule has 0 saturated carbocycles. The topological polar surface area (TPSA) is 60.8 Å². The summed E-state index contributed by atoms with van der Waals surface area (Å²) in [5.74, 6) is 0.0325. The van der Waals surface area contributed by atoms with Crippen LogP contribution in [0, 0.1) is 17.6 Å². The summed E-state index contributed by atoms with van der Waals surface area (Å²) in [6, 6.07) is 15.7. The Bertz CT molecular complexity index is 1820. The zero-order valence-electron chi connectivity index (χ0n) is 29.5. The molecule has 1 amide bonds. The van der Waals surface area contributed by atoms with Crippen LogP contribution in [0.2, 0.25) is 0 Å². The fourth-order valence-corrected chi connectivity index (χ4v) is 7.73. The molecule has 0 N–H and O–H groups in total. The lowest BCUT2D eigenvalue weighted by atomic mass is 9.85. The van der Waals surface area contributed by atoms with Gasteiger partial charge < -0.3 is 23.4 Å². The van der Waals surface area contributed by atoms with Crippen molar-refractivity contribution in [2.24, 2.45) is 5.92 Å². The van der Waals surface area contributed by atoms with Crippen LogP contribution in [0.4, 0.5) is 14.5 Å². The quantitative estimate of drug-likeness (QED) is 0.0875. The second kappa shape index (κ2) is 16.2. The van der Waals surface area contributed by atoms with Crippen LogP contribution in [0.3, 0.4) is 0 Å². The summed E-state index contributed by atoms with van der Waals surface area (Å²) in [5.41, 5.74) is 0.711. The second-order valence-electron chi connectivity index (χ2n) is 14.0. The van der Waals surface area contributed by atoms with Gasteiger partial charge in [-0.3, -0.25) is 9.59 Å². The molecule has 4 heterocycles. The molecule has 3 aromatic carbocycles. The van der Waals surface area contributed by atoms with E-state index < -0.39 is 23.0 Å². The van der Waals surface area contributed by atoms with Gasteiger partial charge in [-0.15, -0.1) is 0 Å². The monoisotopic (exact) mass is 686 g/mol. The summed E-state index contributed by atoms with van der Waals surface area (Å²) in [6.07, 6.45) is 12.5. The molecule has 9 heteroatoms. The van der Waals surface area contributed by atoms with Gasteiger partial charge in [0.05, 0.1) is 44.9 Å². The predicted octanol–water partition coefficient (Wildman–Crippen LogP) is 8.68. The summed E-state index contributed by atoms with van der Waals surface area (Å²) in [7, 11) is 0. The average molecular weight is 687 g/mol. The summed E-state index contributed by atoms with van der Waals surface area (Å²) in [4.78, 5) is 29.0. The Kier molecular flexibility index (Phi) is 11.5. The first-order chi connectivity index (χ1) is 24.3. The third kappa shape index (κ3) is 8.20. The van der Waals surface area contributed by atoms with Gasteiger partial charge in [-0.1, -0.05) is 25.8 Å². The van der Waals surface area contributed by atoms with Crippen molar-refractivity contribution < 1.29 is 27.5 Å². The molecule has 3 aliphatic heterocycles. The number of hydrogen-bond acceptors (Lipinski definition) is 4. The molecule has 2 bridgehead atoms. The highest BCUT2D eigenvalue weighted by molar-refractivity contribution is 6.07. The normalized spacial score (nSPS) is 18.4. The molecule has 0 radical (unpaired) electrons. The van der Waals surface area contributed by atoms with Gasteiger partial charge in [0.1, 0.15) is 28.7 Å². The average Bonchev–Trinajstić information content (AvgIpc) is 3.12. The van der Waals surface area contributed by atoms with E-state index in [-0.39, 0.29) is 17.8 Å². The van der Waals surface area contributed by atoms with E-state index in [4.69, 9.17) is 9.47 Å². The molecule has 0 aliphatic carbocycles. The first-order valence-electron chi connectivity index (χ1n) is 18.5. The molecule has 3 fully saturated rings. The van der Waals surface area contributed by atoms with Gasteiger partial charge in [0, 0.05) is 47.7 Å². The van der Waals surface area contributed by atoms with Gasteiger partial charge in [0.15, 0.2) is 0 Å². The summed E-state index contributed by atoms with van der Waals surface area (Å²) in [5, 5.41) is 0.328. The molecule has 3 aliphatic rings. The van der Waals surface area contributed by atoms with Crippen molar-refractivity contribution >= 4 is 22.5 Å². The number of quaternary nitrogens is 1. The minimum Gasteiger partial charge on any atom is -0.494 e. The number of ether oxygens (including phenoxy) is 2. The summed E-state index contributed by atoms with van der Waals surface area (Å²) < 4.78 is 43.5. The summed E-state index contributed by atoms with van der Waals surface area (Å²) >= 11 is 0. The molecule has 4 aromatic rings. The van der Waals surface area contributed by atoms with Crippen LogP contribution < -0.4 is 19.8 Å². The number of aromatic nitrogens is 1. The Labute approximate surface area is 294 Å². The molecule has 0 unspecified atom stereocenters. The highest BCUT2D eigenvalue weighted by Gasteiger charge is 2.38. The van der Waals surface area contributed by atoms with Crippen LogP contribution in [0.1, 0.15) is 82.0 Å². The Hall–Kier alpha value is -4.24. The van der Waals surface area contributed by atoms with Crippen LogP contribution in [-0.2, 0) is 0 Å². The van der Waals surface area contributed by atoms with Crippen LogP contribution in [0.25, 0.3) is 16.6 Å². The highest BCUT2D eigenvalue weighted by Crippen LogP contribution is 2.34. The lowest BCUT2D eigenvalue weighted by Crippen LogP contribution is -2.58. The minimum atomic E-state index is -0.807. The number of anilines is 1. The van der Waals surface area contributed by atoms with Crippen LogP contribution in [-0.4, -0.2) is 60.9 Å². The number of carbonyl (C=O) groups excluding carboxylic acids is 1. The number of unbranched alkanes of at least 4 members (excludes halogenated alkanes) is 4. The smallest absolute Gasteiger partial charge is 0.263 e. The molecule has 266 valence electrons. The SMILES string of the molecule is CCCOc1cccc(-n2cc(C(=O)N(CC)c3cc(F)cc(F)c3)c(=O)c3ccc(OCCCCCCC[N+]45CCC(CC4)CC5)cc32)c1. The van der Waals surface area contributed by atoms with Gasteiger partial charge >= 0.3 is 0 Å². The van der Waals surface area contributed by atoms with Crippen LogP contribution in [0.15, 0.2) is 71.7 Å². The Morgan fingerprint density at radius 2 is 1.52 bits per heavy atom. The third-order valence-electron chi connectivity index (χ3n) is 10.6.